The first-order valence-electron chi connectivity index (χ1n) is 10.6. The standard InChI is InChI=1S/C23H28N4O3/c1-17(28)27-13-19(15-30-20-5-3-2-4-6-20)21(14-27)18-8-11-26(12-9-18)23(29)22-7-10-24-16-25-22/h2-7,10,16,18-19,21H,8-9,11-15H2,1H3/t19-,21-/m0/s1. The molecular weight excluding hydrogens is 380 g/mol. The Labute approximate surface area is 177 Å². The number of carbonyl (C=O) groups excluding carboxylic acids is 2. The number of amides is 2. The van der Waals surface area contributed by atoms with Crippen molar-refractivity contribution < 1.29 is 14.3 Å². The predicted molar refractivity (Wildman–Crippen MR) is 112 cm³/mol. The van der Waals surface area contributed by atoms with Crippen LogP contribution in [0.15, 0.2) is 48.9 Å². The maximum atomic E-state index is 12.7. The Bertz CT molecular complexity index is 853. The number of nitrogens with zero attached hydrogens (tertiary/aromatic N) is 4. The van der Waals surface area contributed by atoms with E-state index in [1.165, 1.54) is 6.33 Å². The Morgan fingerprint density at radius 2 is 1.83 bits per heavy atom. The Kier molecular flexibility index (Phi) is 6.26. The van der Waals surface area contributed by atoms with Gasteiger partial charge in [-0.1, -0.05) is 18.2 Å². The van der Waals surface area contributed by atoms with Crippen LogP contribution in [-0.4, -0.2) is 64.4 Å². The Morgan fingerprint density at radius 3 is 2.50 bits per heavy atom. The Balaban J connectivity index is 1.37. The van der Waals surface area contributed by atoms with Crippen molar-refractivity contribution in [3.63, 3.8) is 0 Å². The van der Waals surface area contributed by atoms with Crippen molar-refractivity contribution in [2.45, 2.75) is 19.8 Å². The van der Waals surface area contributed by atoms with Gasteiger partial charge in [-0.3, -0.25) is 9.59 Å². The summed E-state index contributed by atoms with van der Waals surface area (Å²) in [5, 5.41) is 0. The summed E-state index contributed by atoms with van der Waals surface area (Å²) in [6, 6.07) is 11.5. The van der Waals surface area contributed by atoms with E-state index in [2.05, 4.69) is 9.97 Å². The fourth-order valence-electron chi connectivity index (χ4n) is 4.69. The Morgan fingerprint density at radius 1 is 1.07 bits per heavy atom. The lowest BCUT2D eigenvalue weighted by atomic mass is 9.78. The molecule has 158 valence electrons. The van der Waals surface area contributed by atoms with Gasteiger partial charge in [0.2, 0.25) is 5.91 Å². The molecule has 1 aromatic heterocycles. The molecule has 0 saturated carbocycles. The summed E-state index contributed by atoms with van der Waals surface area (Å²) in [4.78, 5) is 36.5. The molecule has 2 aliphatic rings. The van der Waals surface area contributed by atoms with Gasteiger partial charge < -0.3 is 14.5 Å². The molecule has 2 saturated heterocycles. The molecule has 2 aliphatic heterocycles. The van der Waals surface area contributed by atoms with Gasteiger partial charge in [0.15, 0.2) is 0 Å². The quantitative estimate of drug-likeness (QED) is 0.760. The number of hydrogen-bond donors (Lipinski definition) is 0. The molecule has 0 radical (unpaired) electrons. The van der Waals surface area contributed by atoms with E-state index in [0.717, 1.165) is 44.8 Å². The van der Waals surface area contributed by atoms with Gasteiger partial charge in [0.1, 0.15) is 17.8 Å². The number of rotatable bonds is 5. The lowest BCUT2D eigenvalue weighted by Gasteiger charge is -2.36. The maximum Gasteiger partial charge on any atom is 0.272 e. The van der Waals surface area contributed by atoms with Crippen molar-refractivity contribution in [2.24, 2.45) is 17.8 Å². The maximum absolute atomic E-state index is 12.7. The number of carbonyl (C=O) groups is 2. The summed E-state index contributed by atoms with van der Waals surface area (Å²) in [6.45, 7) is 5.21. The van der Waals surface area contributed by atoms with E-state index in [1.54, 1.807) is 19.2 Å². The van der Waals surface area contributed by atoms with Gasteiger partial charge in [0.25, 0.3) is 5.91 Å². The van der Waals surface area contributed by atoms with Gasteiger partial charge in [-0.25, -0.2) is 9.97 Å². The van der Waals surface area contributed by atoms with Crippen LogP contribution in [0.4, 0.5) is 0 Å². The Hall–Kier alpha value is -2.96. The lowest BCUT2D eigenvalue weighted by Crippen LogP contribution is -2.42. The molecule has 0 unspecified atom stereocenters. The molecule has 3 heterocycles. The average Bonchev–Trinajstić information content (AvgIpc) is 3.23. The van der Waals surface area contributed by atoms with Crippen LogP contribution < -0.4 is 4.74 Å². The van der Waals surface area contributed by atoms with Gasteiger partial charge in [-0.15, -0.1) is 0 Å². The van der Waals surface area contributed by atoms with Crippen LogP contribution in [0.1, 0.15) is 30.3 Å². The van der Waals surface area contributed by atoms with Gasteiger partial charge in [-0.2, -0.15) is 0 Å². The number of hydrogen-bond acceptors (Lipinski definition) is 5. The molecule has 4 rings (SSSR count). The van der Waals surface area contributed by atoms with Crippen LogP contribution in [-0.2, 0) is 4.79 Å². The first kappa shape index (κ1) is 20.3. The molecule has 7 heteroatoms. The zero-order valence-electron chi connectivity index (χ0n) is 17.3. The minimum Gasteiger partial charge on any atom is -0.493 e. The minimum atomic E-state index is -0.0309. The number of ether oxygens (including phenoxy) is 1. The topological polar surface area (TPSA) is 75.6 Å². The summed E-state index contributed by atoms with van der Waals surface area (Å²) in [5.74, 6) is 2.14. The highest BCUT2D eigenvalue weighted by molar-refractivity contribution is 5.92. The zero-order chi connectivity index (χ0) is 20.9. The van der Waals surface area contributed by atoms with Crippen molar-refractivity contribution >= 4 is 11.8 Å². The minimum absolute atomic E-state index is 0.0309. The fourth-order valence-corrected chi connectivity index (χ4v) is 4.69. The highest BCUT2D eigenvalue weighted by Gasteiger charge is 2.40. The van der Waals surface area contributed by atoms with Gasteiger partial charge >= 0.3 is 0 Å². The van der Waals surface area contributed by atoms with Crippen molar-refractivity contribution in [2.75, 3.05) is 32.8 Å². The highest BCUT2D eigenvalue weighted by atomic mass is 16.5. The molecule has 0 aliphatic carbocycles. The molecule has 1 aromatic carbocycles. The number of aromatic nitrogens is 2. The lowest BCUT2D eigenvalue weighted by molar-refractivity contribution is -0.128. The molecule has 7 nitrogen and oxygen atoms in total. The van der Waals surface area contributed by atoms with Gasteiger partial charge in [0.05, 0.1) is 6.61 Å². The molecule has 2 amide bonds. The van der Waals surface area contributed by atoms with E-state index in [-0.39, 0.29) is 11.8 Å². The van der Waals surface area contributed by atoms with Crippen LogP contribution in [0.25, 0.3) is 0 Å². The van der Waals surface area contributed by atoms with Gasteiger partial charge in [-0.05, 0) is 42.9 Å². The first-order chi connectivity index (χ1) is 14.6. The molecule has 2 atom stereocenters. The number of para-hydroxylation sites is 1. The molecular formula is C23H28N4O3. The van der Waals surface area contributed by atoms with Crippen LogP contribution in [0.2, 0.25) is 0 Å². The predicted octanol–water partition coefficient (Wildman–Crippen LogP) is 2.50. The van der Waals surface area contributed by atoms with Crippen LogP contribution in [0, 0.1) is 17.8 Å². The second-order valence-electron chi connectivity index (χ2n) is 8.20. The third-order valence-corrected chi connectivity index (χ3v) is 6.38. The van der Waals surface area contributed by atoms with Crippen LogP contribution in [0.5, 0.6) is 5.75 Å². The van der Waals surface area contributed by atoms with Crippen LogP contribution in [0.3, 0.4) is 0 Å². The van der Waals surface area contributed by atoms with E-state index in [0.29, 0.717) is 30.1 Å². The van der Waals surface area contributed by atoms with E-state index >= 15 is 0 Å². The second kappa shape index (κ2) is 9.24. The molecule has 0 spiro atoms. The summed E-state index contributed by atoms with van der Waals surface area (Å²) in [6.07, 6.45) is 4.88. The molecule has 2 aromatic rings. The van der Waals surface area contributed by atoms with E-state index in [1.807, 2.05) is 40.1 Å². The molecule has 2 fully saturated rings. The second-order valence-corrected chi connectivity index (χ2v) is 8.20. The summed E-state index contributed by atoms with van der Waals surface area (Å²) in [7, 11) is 0. The molecule has 30 heavy (non-hydrogen) atoms. The number of benzene rings is 1. The SMILES string of the molecule is CC(=O)N1C[C@@H](COc2ccccc2)[C@H](C2CCN(C(=O)c3ccncn3)CC2)C1. The molecule has 0 N–H and O–H groups in total. The van der Waals surface area contributed by atoms with Crippen molar-refractivity contribution in [3.05, 3.63) is 54.6 Å². The van der Waals surface area contributed by atoms with Crippen LogP contribution >= 0.6 is 0 Å². The molecule has 0 bridgehead atoms. The first-order valence-corrected chi connectivity index (χ1v) is 10.6. The highest BCUT2D eigenvalue weighted by Crippen LogP contribution is 2.36. The van der Waals surface area contributed by atoms with E-state index in [9.17, 15) is 9.59 Å². The number of likely N-dealkylation sites (tertiary alicyclic amines) is 2. The van der Waals surface area contributed by atoms with Crippen molar-refractivity contribution in [1.29, 1.82) is 0 Å². The van der Waals surface area contributed by atoms with Gasteiger partial charge in [0, 0.05) is 45.2 Å². The third kappa shape index (κ3) is 4.61. The van der Waals surface area contributed by atoms with E-state index in [4.69, 9.17) is 4.74 Å². The van der Waals surface area contributed by atoms with E-state index < -0.39 is 0 Å². The summed E-state index contributed by atoms with van der Waals surface area (Å²) >= 11 is 0. The third-order valence-electron chi connectivity index (χ3n) is 6.38. The van der Waals surface area contributed by atoms with Crippen molar-refractivity contribution in [1.82, 2.24) is 19.8 Å². The number of piperidine rings is 1. The average molecular weight is 409 g/mol. The normalized spacial score (nSPS) is 22.2. The smallest absolute Gasteiger partial charge is 0.272 e. The largest absolute Gasteiger partial charge is 0.493 e. The zero-order valence-corrected chi connectivity index (χ0v) is 17.3. The van der Waals surface area contributed by atoms with Crippen molar-refractivity contribution in [3.8, 4) is 5.75 Å². The monoisotopic (exact) mass is 408 g/mol. The fraction of sp³-hybridized carbons (Fsp3) is 0.478. The summed E-state index contributed by atoms with van der Waals surface area (Å²) in [5.41, 5.74) is 0.446. The summed E-state index contributed by atoms with van der Waals surface area (Å²) < 4.78 is 6.04.